The van der Waals surface area contributed by atoms with Crippen molar-refractivity contribution in [3.05, 3.63) is 18.2 Å². The van der Waals surface area contributed by atoms with Crippen molar-refractivity contribution < 1.29 is 17.9 Å². The van der Waals surface area contributed by atoms with E-state index < -0.39 is 10.0 Å². The first kappa shape index (κ1) is 14.3. The summed E-state index contributed by atoms with van der Waals surface area (Å²) in [5.41, 5.74) is 0. The van der Waals surface area contributed by atoms with Crippen molar-refractivity contribution in [2.45, 2.75) is 48.7 Å². The zero-order valence-corrected chi connectivity index (χ0v) is 13.1. The van der Waals surface area contributed by atoms with Gasteiger partial charge in [0.05, 0.1) is 4.90 Å². The van der Waals surface area contributed by atoms with Crippen LogP contribution in [0.1, 0.15) is 25.7 Å². The summed E-state index contributed by atoms with van der Waals surface area (Å²) < 4.78 is 38.9. The van der Waals surface area contributed by atoms with Gasteiger partial charge in [-0.25, -0.2) is 13.1 Å². The molecule has 3 aliphatic heterocycles. The van der Waals surface area contributed by atoms with E-state index in [0.29, 0.717) is 36.8 Å². The number of piperidine rings is 1. The zero-order valence-electron chi connectivity index (χ0n) is 12.2. The van der Waals surface area contributed by atoms with Crippen molar-refractivity contribution in [1.82, 2.24) is 10.0 Å². The van der Waals surface area contributed by atoms with Gasteiger partial charge in [0.15, 0.2) is 11.5 Å². The lowest BCUT2D eigenvalue weighted by Gasteiger charge is -2.29. The Balaban J connectivity index is 1.53. The summed E-state index contributed by atoms with van der Waals surface area (Å²) in [5.74, 6) is 1.10. The monoisotopic (exact) mass is 324 g/mol. The van der Waals surface area contributed by atoms with Crippen LogP contribution in [0.3, 0.4) is 0 Å². The summed E-state index contributed by atoms with van der Waals surface area (Å²) in [7, 11) is -3.53. The lowest BCUT2D eigenvalue weighted by Crippen LogP contribution is -2.47. The van der Waals surface area contributed by atoms with Crippen LogP contribution >= 0.6 is 0 Å². The Morgan fingerprint density at radius 2 is 1.73 bits per heavy atom. The SMILES string of the molecule is O=S(=O)(NC1CC2CCC(C1)N2)c1ccc2c(c1)OCCO2. The van der Waals surface area contributed by atoms with Crippen LogP contribution in [0.2, 0.25) is 0 Å². The average molecular weight is 324 g/mol. The third kappa shape index (κ3) is 2.68. The van der Waals surface area contributed by atoms with Crippen molar-refractivity contribution in [2.24, 2.45) is 0 Å². The molecule has 2 saturated heterocycles. The van der Waals surface area contributed by atoms with E-state index in [9.17, 15) is 8.42 Å². The number of nitrogens with one attached hydrogen (secondary N) is 2. The fourth-order valence-electron chi connectivity index (χ4n) is 3.63. The van der Waals surface area contributed by atoms with Crippen LogP contribution in [0.4, 0.5) is 0 Å². The van der Waals surface area contributed by atoms with Gasteiger partial charge in [-0.2, -0.15) is 0 Å². The van der Waals surface area contributed by atoms with E-state index in [0.717, 1.165) is 25.7 Å². The Kier molecular flexibility index (Phi) is 3.51. The van der Waals surface area contributed by atoms with E-state index in [1.165, 1.54) is 0 Å². The fraction of sp³-hybridized carbons (Fsp3) is 0.600. The van der Waals surface area contributed by atoms with Gasteiger partial charge in [-0.05, 0) is 37.8 Å². The Labute approximate surface area is 130 Å². The van der Waals surface area contributed by atoms with Crippen LogP contribution in [0.25, 0.3) is 0 Å². The van der Waals surface area contributed by atoms with E-state index in [-0.39, 0.29) is 10.9 Å². The van der Waals surface area contributed by atoms with Crippen molar-refractivity contribution >= 4 is 10.0 Å². The van der Waals surface area contributed by atoms with Gasteiger partial charge < -0.3 is 14.8 Å². The van der Waals surface area contributed by atoms with E-state index in [2.05, 4.69) is 10.0 Å². The number of ether oxygens (including phenoxy) is 2. The molecule has 1 aromatic rings. The summed E-state index contributed by atoms with van der Waals surface area (Å²) in [5, 5.41) is 3.52. The van der Waals surface area contributed by atoms with E-state index in [1.54, 1.807) is 18.2 Å². The molecule has 2 atom stereocenters. The lowest BCUT2D eigenvalue weighted by atomic mass is 10.0. The molecule has 2 unspecified atom stereocenters. The highest BCUT2D eigenvalue weighted by molar-refractivity contribution is 7.89. The van der Waals surface area contributed by atoms with Crippen molar-refractivity contribution in [3.63, 3.8) is 0 Å². The second kappa shape index (κ2) is 5.40. The Morgan fingerprint density at radius 3 is 2.45 bits per heavy atom. The predicted octanol–water partition coefficient (Wildman–Crippen LogP) is 1.02. The number of sulfonamides is 1. The molecular formula is C15H20N2O4S. The average Bonchev–Trinajstić information content (AvgIpc) is 2.85. The number of benzene rings is 1. The lowest BCUT2D eigenvalue weighted by molar-refractivity contribution is 0.171. The van der Waals surface area contributed by atoms with Gasteiger partial charge >= 0.3 is 0 Å². The van der Waals surface area contributed by atoms with Crippen LogP contribution in [-0.4, -0.2) is 39.8 Å². The fourth-order valence-corrected chi connectivity index (χ4v) is 4.91. The third-order valence-electron chi connectivity index (χ3n) is 4.62. The molecule has 0 saturated carbocycles. The van der Waals surface area contributed by atoms with Gasteiger partial charge in [0.25, 0.3) is 0 Å². The molecular weight excluding hydrogens is 304 g/mol. The summed E-state index contributed by atoms with van der Waals surface area (Å²) in [6.07, 6.45) is 4.01. The third-order valence-corrected chi connectivity index (χ3v) is 6.14. The summed E-state index contributed by atoms with van der Waals surface area (Å²) in [6.45, 7) is 0.941. The van der Waals surface area contributed by atoms with Gasteiger partial charge in [0, 0.05) is 24.2 Å². The number of hydrogen-bond donors (Lipinski definition) is 2. The molecule has 120 valence electrons. The van der Waals surface area contributed by atoms with Crippen LogP contribution in [0.15, 0.2) is 23.1 Å². The Hall–Kier alpha value is -1.31. The maximum atomic E-state index is 12.6. The second-order valence-electron chi connectivity index (χ2n) is 6.23. The molecule has 0 aliphatic carbocycles. The number of hydrogen-bond acceptors (Lipinski definition) is 5. The van der Waals surface area contributed by atoms with Gasteiger partial charge in [-0.3, -0.25) is 0 Å². The molecule has 3 heterocycles. The Morgan fingerprint density at radius 1 is 1.05 bits per heavy atom. The summed E-state index contributed by atoms with van der Waals surface area (Å²) in [6, 6.07) is 5.70. The first-order chi connectivity index (χ1) is 10.6. The molecule has 0 radical (unpaired) electrons. The van der Waals surface area contributed by atoms with Crippen LogP contribution in [0, 0.1) is 0 Å². The second-order valence-corrected chi connectivity index (χ2v) is 7.95. The Bertz CT molecular complexity index is 664. The molecule has 1 aromatic carbocycles. The van der Waals surface area contributed by atoms with E-state index in [4.69, 9.17) is 9.47 Å². The highest BCUT2D eigenvalue weighted by Gasteiger charge is 2.35. The molecule has 2 N–H and O–H groups in total. The molecule has 2 fully saturated rings. The molecule has 0 amide bonds. The minimum absolute atomic E-state index is 0.0111. The van der Waals surface area contributed by atoms with Gasteiger partial charge in [-0.1, -0.05) is 0 Å². The van der Waals surface area contributed by atoms with Crippen molar-refractivity contribution in [3.8, 4) is 11.5 Å². The maximum absolute atomic E-state index is 12.6. The first-order valence-corrected chi connectivity index (χ1v) is 9.26. The molecule has 4 rings (SSSR count). The molecule has 0 aromatic heterocycles. The number of fused-ring (bicyclic) bond motifs is 3. The van der Waals surface area contributed by atoms with Gasteiger partial charge in [0.2, 0.25) is 10.0 Å². The molecule has 6 nitrogen and oxygen atoms in total. The molecule has 3 aliphatic rings. The largest absolute Gasteiger partial charge is 0.486 e. The van der Waals surface area contributed by atoms with Crippen LogP contribution in [-0.2, 0) is 10.0 Å². The summed E-state index contributed by atoms with van der Waals surface area (Å²) in [4.78, 5) is 0.239. The highest BCUT2D eigenvalue weighted by Crippen LogP contribution is 2.33. The van der Waals surface area contributed by atoms with Crippen molar-refractivity contribution in [1.29, 1.82) is 0 Å². The van der Waals surface area contributed by atoms with Gasteiger partial charge in [0.1, 0.15) is 13.2 Å². The first-order valence-electron chi connectivity index (χ1n) is 7.78. The van der Waals surface area contributed by atoms with Crippen LogP contribution < -0.4 is 19.5 Å². The predicted molar refractivity (Wildman–Crippen MR) is 80.7 cm³/mol. The minimum atomic E-state index is -3.53. The minimum Gasteiger partial charge on any atom is -0.486 e. The normalized spacial score (nSPS) is 30.3. The topological polar surface area (TPSA) is 76.7 Å². The zero-order chi connectivity index (χ0) is 15.2. The molecule has 22 heavy (non-hydrogen) atoms. The quantitative estimate of drug-likeness (QED) is 0.868. The van der Waals surface area contributed by atoms with Crippen molar-refractivity contribution in [2.75, 3.05) is 13.2 Å². The summed E-state index contributed by atoms with van der Waals surface area (Å²) >= 11 is 0. The highest BCUT2D eigenvalue weighted by atomic mass is 32.2. The standard InChI is InChI=1S/C15H20N2O4S/c18-22(19,17-12-7-10-1-2-11(8-12)16-10)13-3-4-14-15(9-13)21-6-5-20-14/h3-4,9-12,16-17H,1-2,5-8H2. The molecule has 2 bridgehead atoms. The van der Waals surface area contributed by atoms with Gasteiger partial charge in [-0.15, -0.1) is 0 Å². The smallest absolute Gasteiger partial charge is 0.240 e. The number of rotatable bonds is 3. The van der Waals surface area contributed by atoms with Crippen LogP contribution in [0.5, 0.6) is 11.5 Å². The van der Waals surface area contributed by atoms with E-state index in [1.807, 2.05) is 0 Å². The van der Waals surface area contributed by atoms with E-state index >= 15 is 0 Å². The maximum Gasteiger partial charge on any atom is 0.240 e. The molecule has 0 spiro atoms. The molecule has 7 heteroatoms.